The number of hydrogen-bond donors (Lipinski definition) is 1. The molecular weight excluding hydrogens is 275 g/mol. The first kappa shape index (κ1) is 12.9. The van der Waals surface area contributed by atoms with Gasteiger partial charge in [-0.25, -0.2) is 4.39 Å². The molecule has 4 heteroatoms. The molecule has 2 nitrogen and oxygen atoms in total. The fraction of sp³-hybridized carbons (Fsp3) is 0.0625. The van der Waals surface area contributed by atoms with Gasteiger partial charge >= 0.3 is 0 Å². The summed E-state index contributed by atoms with van der Waals surface area (Å²) in [5.74, 6) is -0.252. The van der Waals surface area contributed by atoms with E-state index in [1.54, 1.807) is 18.3 Å². The molecule has 0 saturated heterocycles. The Balaban J connectivity index is 2.08. The molecule has 0 unspecified atom stereocenters. The lowest BCUT2D eigenvalue weighted by Crippen LogP contribution is -1.94. The van der Waals surface area contributed by atoms with Crippen LogP contribution in [0.25, 0.3) is 10.9 Å². The minimum Gasteiger partial charge on any atom is -0.355 e. The monoisotopic (exact) mass is 286 g/mol. The van der Waals surface area contributed by atoms with Gasteiger partial charge in [0.05, 0.1) is 5.52 Å². The Morgan fingerprint density at radius 3 is 2.55 bits per heavy atom. The summed E-state index contributed by atoms with van der Waals surface area (Å²) in [6.45, 7) is 1.94. The van der Waals surface area contributed by atoms with E-state index < -0.39 is 0 Å². The third-order valence-electron chi connectivity index (χ3n) is 3.22. The maximum absolute atomic E-state index is 12.9. The fourth-order valence-corrected chi connectivity index (χ4v) is 2.29. The predicted octanol–water partition coefficient (Wildman–Crippen LogP) is 5.08. The van der Waals surface area contributed by atoms with E-state index in [9.17, 15) is 4.39 Å². The molecule has 0 spiro atoms. The van der Waals surface area contributed by atoms with Gasteiger partial charge in [0, 0.05) is 28.0 Å². The number of anilines is 2. The lowest BCUT2D eigenvalue weighted by molar-refractivity contribution is 0.628. The van der Waals surface area contributed by atoms with Gasteiger partial charge in [0.2, 0.25) is 0 Å². The zero-order valence-electron chi connectivity index (χ0n) is 10.8. The van der Waals surface area contributed by atoms with E-state index in [4.69, 9.17) is 11.6 Å². The minimum absolute atomic E-state index is 0.252. The second kappa shape index (κ2) is 5.10. The molecule has 0 saturated carbocycles. The standard InChI is InChI=1S/C16H12ClFN2/c1-10-14(17)7-6-13-15(8-9-19-16(10)13)20-12-4-2-11(18)3-5-12/h2-9H,1H3,(H,19,20). The Kier molecular flexibility index (Phi) is 3.28. The quantitative estimate of drug-likeness (QED) is 0.710. The van der Waals surface area contributed by atoms with E-state index in [-0.39, 0.29) is 5.82 Å². The van der Waals surface area contributed by atoms with Gasteiger partial charge in [0.1, 0.15) is 5.82 Å². The third-order valence-corrected chi connectivity index (χ3v) is 3.63. The largest absolute Gasteiger partial charge is 0.355 e. The van der Waals surface area contributed by atoms with Crippen LogP contribution < -0.4 is 5.32 Å². The number of benzene rings is 2. The van der Waals surface area contributed by atoms with Crippen LogP contribution in [0.4, 0.5) is 15.8 Å². The van der Waals surface area contributed by atoms with Crippen LogP contribution in [0, 0.1) is 12.7 Å². The molecule has 0 atom stereocenters. The van der Waals surface area contributed by atoms with Crippen LogP contribution in [0.15, 0.2) is 48.7 Å². The zero-order valence-corrected chi connectivity index (χ0v) is 11.6. The van der Waals surface area contributed by atoms with Crippen molar-refractivity contribution in [2.45, 2.75) is 6.92 Å². The van der Waals surface area contributed by atoms with Crippen molar-refractivity contribution in [1.29, 1.82) is 0 Å². The van der Waals surface area contributed by atoms with Gasteiger partial charge in [-0.2, -0.15) is 0 Å². The molecule has 2 aromatic carbocycles. The van der Waals surface area contributed by atoms with Gasteiger partial charge in [-0.3, -0.25) is 4.98 Å². The molecule has 3 aromatic rings. The van der Waals surface area contributed by atoms with Gasteiger partial charge < -0.3 is 5.32 Å². The SMILES string of the molecule is Cc1c(Cl)ccc2c(Nc3ccc(F)cc3)ccnc12. The number of pyridine rings is 1. The highest BCUT2D eigenvalue weighted by Crippen LogP contribution is 2.30. The van der Waals surface area contributed by atoms with Crippen LogP contribution in [-0.2, 0) is 0 Å². The number of nitrogens with zero attached hydrogens (tertiary/aromatic N) is 1. The van der Waals surface area contributed by atoms with Gasteiger partial charge in [-0.15, -0.1) is 0 Å². The number of hydrogen-bond acceptors (Lipinski definition) is 2. The second-order valence-corrected chi connectivity index (χ2v) is 4.97. The Morgan fingerprint density at radius 2 is 1.80 bits per heavy atom. The Hall–Kier alpha value is -2.13. The lowest BCUT2D eigenvalue weighted by Gasteiger charge is -2.11. The van der Waals surface area contributed by atoms with Crippen LogP contribution in [0.2, 0.25) is 5.02 Å². The molecule has 0 radical (unpaired) electrons. The molecule has 0 aliphatic carbocycles. The van der Waals surface area contributed by atoms with Crippen LogP contribution in [0.5, 0.6) is 0 Å². The Bertz CT molecular complexity index is 769. The molecule has 3 rings (SSSR count). The zero-order chi connectivity index (χ0) is 14.1. The Morgan fingerprint density at radius 1 is 1.05 bits per heavy atom. The molecule has 0 aliphatic heterocycles. The normalized spacial score (nSPS) is 10.8. The molecule has 0 fully saturated rings. The first-order valence-corrected chi connectivity index (χ1v) is 6.59. The van der Waals surface area contributed by atoms with Crippen LogP contribution >= 0.6 is 11.6 Å². The van der Waals surface area contributed by atoms with Crippen molar-refractivity contribution in [2.75, 3.05) is 5.32 Å². The van der Waals surface area contributed by atoms with E-state index in [1.807, 2.05) is 25.1 Å². The lowest BCUT2D eigenvalue weighted by atomic mass is 10.1. The molecule has 100 valence electrons. The maximum Gasteiger partial charge on any atom is 0.123 e. The summed E-state index contributed by atoms with van der Waals surface area (Å²) < 4.78 is 12.9. The smallest absolute Gasteiger partial charge is 0.123 e. The molecule has 1 aromatic heterocycles. The van der Waals surface area contributed by atoms with Crippen molar-refractivity contribution in [2.24, 2.45) is 0 Å². The highest BCUT2D eigenvalue weighted by molar-refractivity contribution is 6.32. The van der Waals surface area contributed by atoms with Gasteiger partial charge in [0.25, 0.3) is 0 Å². The van der Waals surface area contributed by atoms with Crippen molar-refractivity contribution in [3.63, 3.8) is 0 Å². The number of aryl methyl sites for hydroxylation is 1. The number of aromatic nitrogens is 1. The first-order chi connectivity index (χ1) is 9.65. The van der Waals surface area contributed by atoms with Gasteiger partial charge in [0.15, 0.2) is 0 Å². The average Bonchev–Trinajstić information content (AvgIpc) is 2.46. The van der Waals surface area contributed by atoms with Crippen LogP contribution in [0.3, 0.4) is 0 Å². The number of rotatable bonds is 2. The summed E-state index contributed by atoms with van der Waals surface area (Å²) in [6.07, 6.45) is 1.73. The van der Waals surface area contributed by atoms with Crippen molar-refractivity contribution in [3.8, 4) is 0 Å². The molecule has 1 heterocycles. The molecule has 0 bridgehead atoms. The summed E-state index contributed by atoms with van der Waals surface area (Å²) in [4.78, 5) is 4.37. The first-order valence-electron chi connectivity index (χ1n) is 6.21. The second-order valence-electron chi connectivity index (χ2n) is 4.56. The maximum atomic E-state index is 12.9. The minimum atomic E-state index is -0.252. The van der Waals surface area contributed by atoms with E-state index >= 15 is 0 Å². The average molecular weight is 287 g/mol. The molecule has 20 heavy (non-hydrogen) atoms. The fourth-order valence-electron chi connectivity index (χ4n) is 2.13. The number of fused-ring (bicyclic) bond motifs is 1. The van der Waals surface area contributed by atoms with E-state index in [2.05, 4.69) is 10.3 Å². The Labute approximate surface area is 121 Å². The molecule has 1 N–H and O–H groups in total. The number of halogens is 2. The topological polar surface area (TPSA) is 24.9 Å². The van der Waals surface area contributed by atoms with Gasteiger partial charge in [-0.1, -0.05) is 11.6 Å². The van der Waals surface area contributed by atoms with E-state index in [1.165, 1.54) is 12.1 Å². The van der Waals surface area contributed by atoms with E-state index in [0.29, 0.717) is 5.02 Å². The van der Waals surface area contributed by atoms with Crippen LogP contribution in [0.1, 0.15) is 5.56 Å². The number of nitrogens with one attached hydrogen (secondary N) is 1. The summed E-state index contributed by atoms with van der Waals surface area (Å²) in [6, 6.07) is 11.9. The van der Waals surface area contributed by atoms with Crippen molar-refractivity contribution in [1.82, 2.24) is 4.98 Å². The van der Waals surface area contributed by atoms with Crippen molar-refractivity contribution >= 4 is 33.9 Å². The summed E-state index contributed by atoms with van der Waals surface area (Å²) in [7, 11) is 0. The summed E-state index contributed by atoms with van der Waals surface area (Å²) in [5, 5.41) is 4.95. The molecule has 0 aliphatic rings. The predicted molar refractivity (Wildman–Crippen MR) is 81.2 cm³/mol. The van der Waals surface area contributed by atoms with Crippen LogP contribution in [-0.4, -0.2) is 4.98 Å². The highest BCUT2D eigenvalue weighted by atomic mass is 35.5. The van der Waals surface area contributed by atoms with Crippen molar-refractivity contribution in [3.05, 3.63) is 65.1 Å². The van der Waals surface area contributed by atoms with Gasteiger partial charge in [-0.05, 0) is 55.0 Å². The molecular formula is C16H12ClFN2. The third kappa shape index (κ3) is 2.32. The van der Waals surface area contributed by atoms with Crippen molar-refractivity contribution < 1.29 is 4.39 Å². The highest BCUT2D eigenvalue weighted by Gasteiger charge is 2.07. The summed E-state index contributed by atoms with van der Waals surface area (Å²) in [5.41, 5.74) is 3.56. The molecule has 0 amide bonds. The van der Waals surface area contributed by atoms with E-state index in [0.717, 1.165) is 27.8 Å². The summed E-state index contributed by atoms with van der Waals surface area (Å²) >= 11 is 6.12.